The van der Waals surface area contributed by atoms with Gasteiger partial charge in [-0.1, -0.05) is 43.5 Å². The van der Waals surface area contributed by atoms with Gasteiger partial charge >= 0.3 is 0 Å². The number of benzene rings is 2. The molecule has 2 aromatic rings. The number of thioether (sulfide) groups is 1. The van der Waals surface area contributed by atoms with Crippen LogP contribution in [0.25, 0.3) is 0 Å². The van der Waals surface area contributed by atoms with E-state index in [-0.39, 0.29) is 11.3 Å². The summed E-state index contributed by atoms with van der Waals surface area (Å²) >= 11 is 7.62. The summed E-state index contributed by atoms with van der Waals surface area (Å²) in [6, 6.07) is 15.5. The van der Waals surface area contributed by atoms with Gasteiger partial charge in [-0.15, -0.1) is 11.8 Å². The molecule has 0 spiro atoms. The third-order valence-electron chi connectivity index (χ3n) is 4.15. The van der Waals surface area contributed by atoms with E-state index in [0.29, 0.717) is 10.8 Å². The largest absolute Gasteiger partial charge is 0.494 e. The van der Waals surface area contributed by atoms with Gasteiger partial charge in [-0.2, -0.15) is 0 Å². The fourth-order valence-electron chi connectivity index (χ4n) is 2.82. The Morgan fingerprint density at radius 2 is 1.84 bits per heavy atom. The zero-order valence-corrected chi connectivity index (χ0v) is 15.9. The van der Waals surface area contributed by atoms with Crippen molar-refractivity contribution < 1.29 is 9.53 Å². The molecule has 0 unspecified atom stereocenters. The van der Waals surface area contributed by atoms with Crippen LogP contribution in [0, 0.1) is 0 Å². The predicted molar refractivity (Wildman–Crippen MR) is 106 cm³/mol. The Morgan fingerprint density at radius 3 is 2.52 bits per heavy atom. The second-order valence-corrected chi connectivity index (χ2v) is 7.53. The van der Waals surface area contributed by atoms with Crippen molar-refractivity contribution >= 4 is 35.0 Å². The Bertz CT molecular complexity index is 703. The van der Waals surface area contributed by atoms with Crippen LogP contribution in [-0.4, -0.2) is 18.3 Å². The molecular formula is C20H22ClNO2S. The number of unbranched alkanes of at least 4 members (excludes halogenated alkanes) is 2. The molecule has 0 bridgehead atoms. The summed E-state index contributed by atoms with van der Waals surface area (Å²) in [5, 5.41) is 0.690. The number of rotatable bonds is 7. The molecule has 1 fully saturated rings. The number of carbonyl (C=O) groups excluding carboxylic acids is 1. The van der Waals surface area contributed by atoms with Crippen LogP contribution in [0.5, 0.6) is 5.75 Å². The van der Waals surface area contributed by atoms with Crippen molar-refractivity contribution in [3.05, 3.63) is 59.1 Å². The van der Waals surface area contributed by atoms with Crippen LogP contribution in [0.2, 0.25) is 5.02 Å². The van der Waals surface area contributed by atoms with E-state index in [9.17, 15) is 4.79 Å². The van der Waals surface area contributed by atoms with E-state index in [1.807, 2.05) is 53.4 Å². The molecule has 3 nitrogen and oxygen atoms in total. The molecule has 1 amide bonds. The Hall–Kier alpha value is -1.65. The van der Waals surface area contributed by atoms with Gasteiger partial charge in [0.15, 0.2) is 0 Å². The molecule has 0 aliphatic carbocycles. The molecule has 1 aliphatic rings. The molecule has 1 atom stereocenters. The Kier molecular flexibility index (Phi) is 6.27. The first-order chi connectivity index (χ1) is 12.2. The second kappa shape index (κ2) is 8.63. The van der Waals surface area contributed by atoms with Crippen molar-refractivity contribution in [1.82, 2.24) is 0 Å². The summed E-state index contributed by atoms with van der Waals surface area (Å²) in [4.78, 5) is 14.3. The van der Waals surface area contributed by atoms with Gasteiger partial charge < -0.3 is 4.74 Å². The van der Waals surface area contributed by atoms with Crippen molar-refractivity contribution in [2.75, 3.05) is 17.3 Å². The van der Waals surface area contributed by atoms with Gasteiger partial charge in [-0.25, -0.2) is 0 Å². The number of hydrogen-bond donors (Lipinski definition) is 0. The van der Waals surface area contributed by atoms with Crippen molar-refractivity contribution in [3.8, 4) is 5.75 Å². The number of ether oxygens (including phenoxy) is 1. The normalized spacial score (nSPS) is 17.1. The fraction of sp³-hybridized carbons (Fsp3) is 0.350. The van der Waals surface area contributed by atoms with E-state index < -0.39 is 0 Å². The lowest BCUT2D eigenvalue weighted by molar-refractivity contribution is -0.115. The van der Waals surface area contributed by atoms with E-state index in [1.165, 1.54) is 12.8 Å². The molecule has 1 aliphatic heterocycles. The quantitative estimate of drug-likeness (QED) is 0.582. The summed E-state index contributed by atoms with van der Waals surface area (Å²) in [5.41, 5.74) is 1.98. The predicted octanol–water partition coefficient (Wildman–Crippen LogP) is 5.69. The van der Waals surface area contributed by atoms with Gasteiger partial charge in [-0.05, 0) is 48.4 Å². The highest BCUT2D eigenvalue weighted by molar-refractivity contribution is 8.00. The van der Waals surface area contributed by atoms with Crippen LogP contribution in [0.1, 0.15) is 37.1 Å². The molecular weight excluding hydrogens is 354 g/mol. The number of anilines is 1. The molecule has 132 valence electrons. The van der Waals surface area contributed by atoms with Crippen LogP contribution in [0.4, 0.5) is 5.69 Å². The summed E-state index contributed by atoms with van der Waals surface area (Å²) in [6.45, 7) is 2.91. The molecule has 0 saturated carbocycles. The lowest BCUT2D eigenvalue weighted by Crippen LogP contribution is -2.27. The third kappa shape index (κ3) is 4.50. The van der Waals surface area contributed by atoms with Gasteiger partial charge in [0.25, 0.3) is 0 Å². The smallest absolute Gasteiger partial charge is 0.238 e. The summed E-state index contributed by atoms with van der Waals surface area (Å²) in [5.74, 6) is 1.46. The van der Waals surface area contributed by atoms with Crippen LogP contribution in [0.15, 0.2) is 48.5 Å². The van der Waals surface area contributed by atoms with Gasteiger partial charge in [0.1, 0.15) is 11.1 Å². The average molecular weight is 376 g/mol. The molecule has 0 aromatic heterocycles. The minimum atomic E-state index is -0.0129. The van der Waals surface area contributed by atoms with E-state index in [1.54, 1.807) is 11.8 Å². The molecule has 1 saturated heterocycles. The van der Waals surface area contributed by atoms with Crippen LogP contribution >= 0.6 is 23.4 Å². The van der Waals surface area contributed by atoms with Crippen molar-refractivity contribution in [2.45, 2.75) is 31.6 Å². The number of nitrogens with zero attached hydrogens (tertiary/aromatic N) is 1. The lowest BCUT2D eigenvalue weighted by atomic mass is 10.2. The summed E-state index contributed by atoms with van der Waals surface area (Å²) in [7, 11) is 0. The van der Waals surface area contributed by atoms with E-state index in [2.05, 4.69) is 6.92 Å². The van der Waals surface area contributed by atoms with Gasteiger partial charge in [0, 0.05) is 10.7 Å². The fourth-order valence-corrected chi connectivity index (χ4v) is 4.13. The second-order valence-electron chi connectivity index (χ2n) is 6.03. The minimum Gasteiger partial charge on any atom is -0.494 e. The SMILES string of the molecule is CCCCCOc1ccc(N2C(=O)CS[C@H]2c2ccc(Cl)cc2)cc1. The summed E-state index contributed by atoms with van der Waals surface area (Å²) in [6.07, 6.45) is 3.43. The minimum absolute atomic E-state index is 0.0129. The molecule has 25 heavy (non-hydrogen) atoms. The maximum absolute atomic E-state index is 12.4. The number of halogens is 1. The third-order valence-corrected chi connectivity index (χ3v) is 5.62. The van der Waals surface area contributed by atoms with Crippen LogP contribution in [-0.2, 0) is 4.79 Å². The van der Waals surface area contributed by atoms with Crippen LogP contribution in [0.3, 0.4) is 0 Å². The summed E-state index contributed by atoms with van der Waals surface area (Å²) < 4.78 is 5.75. The monoisotopic (exact) mass is 375 g/mol. The first-order valence-electron chi connectivity index (χ1n) is 8.61. The topological polar surface area (TPSA) is 29.5 Å². The highest BCUT2D eigenvalue weighted by Gasteiger charge is 2.33. The zero-order valence-electron chi connectivity index (χ0n) is 14.3. The zero-order chi connectivity index (χ0) is 17.6. The van der Waals surface area contributed by atoms with E-state index in [4.69, 9.17) is 16.3 Å². The van der Waals surface area contributed by atoms with Crippen molar-refractivity contribution in [3.63, 3.8) is 0 Å². The van der Waals surface area contributed by atoms with Gasteiger partial charge in [-0.3, -0.25) is 9.69 Å². The molecule has 3 rings (SSSR count). The highest BCUT2D eigenvalue weighted by Crippen LogP contribution is 2.42. The van der Waals surface area contributed by atoms with Gasteiger partial charge in [0.05, 0.1) is 12.4 Å². The molecule has 0 N–H and O–H groups in total. The van der Waals surface area contributed by atoms with E-state index in [0.717, 1.165) is 30.0 Å². The molecule has 2 aromatic carbocycles. The molecule has 1 heterocycles. The first-order valence-corrected chi connectivity index (χ1v) is 10.0. The first kappa shape index (κ1) is 18.2. The molecule has 0 radical (unpaired) electrons. The number of carbonyl (C=O) groups is 1. The van der Waals surface area contributed by atoms with Gasteiger partial charge in [0.2, 0.25) is 5.91 Å². The average Bonchev–Trinajstić information content (AvgIpc) is 3.01. The molecule has 5 heteroatoms. The Labute approximate surface area is 158 Å². The maximum Gasteiger partial charge on any atom is 0.238 e. The van der Waals surface area contributed by atoms with E-state index >= 15 is 0 Å². The standard InChI is InChI=1S/C20H22ClNO2S/c1-2-3-4-13-24-18-11-9-17(10-12-18)22-19(23)14-25-20(22)15-5-7-16(21)8-6-15/h5-12,20H,2-4,13-14H2,1H3/t20-/m0/s1. The lowest BCUT2D eigenvalue weighted by Gasteiger charge is -2.24. The highest BCUT2D eigenvalue weighted by atomic mass is 35.5. The van der Waals surface area contributed by atoms with Crippen LogP contribution < -0.4 is 9.64 Å². The van der Waals surface area contributed by atoms with Crippen molar-refractivity contribution in [2.24, 2.45) is 0 Å². The van der Waals surface area contributed by atoms with Crippen molar-refractivity contribution in [1.29, 1.82) is 0 Å². The number of amides is 1. The Morgan fingerprint density at radius 1 is 1.12 bits per heavy atom. The maximum atomic E-state index is 12.4. The number of hydrogen-bond acceptors (Lipinski definition) is 3. The Balaban J connectivity index is 1.72.